The van der Waals surface area contributed by atoms with Gasteiger partial charge in [-0.1, -0.05) is 41.9 Å². The van der Waals surface area contributed by atoms with Crippen molar-refractivity contribution < 1.29 is 19.4 Å². The van der Waals surface area contributed by atoms with Crippen LogP contribution in [0, 0.1) is 0 Å². The van der Waals surface area contributed by atoms with Crippen molar-refractivity contribution in [1.29, 1.82) is 0 Å². The molecule has 0 saturated carbocycles. The maximum atomic E-state index is 13.1. The van der Waals surface area contributed by atoms with E-state index in [2.05, 4.69) is 4.99 Å². The summed E-state index contributed by atoms with van der Waals surface area (Å²) >= 11 is 6.19. The van der Waals surface area contributed by atoms with Crippen LogP contribution in [-0.2, 0) is 14.3 Å². The number of anilines is 1. The zero-order chi connectivity index (χ0) is 19.4. The predicted molar refractivity (Wildman–Crippen MR) is 103 cm³/mol. The van der Waals surface area contributed by atoms with Gasteiger partial charge in [0.1, 0.15) is 0 Å². The zero-order valence-corrected chi connectivity index (χ0v) is 15.5. The predicted octanol–water partition coefficient (Wildman–Crippen LogP) is 2.45. The molecule has 140 valence electrons. The molecule has 27 heavy (non-hydrogen) atoms. The first-order chi connectivity index (χ1) is 13.1. The van der Waals surface area contributed by atoms with Gasteiger partial charge in [0.15, 0.2) is 0 Å². The Labute approximate surface area is 162 Å². The van der Waals surface area contributed by atoms with Crippen LogP contribution in [0.25, 0.3) is 0 Å². The lowest BCUT2D eigenvalue weighted by Crippen LogP contribution is -2.43. The molecular formula is C20H19ClN2O4. The number of nitrogens with zero attached hydrogens (tertiary/aromatic N) is 2. The second kappa shape index (κ2) is 8.33. The number of halogens is 1. The van der Waals surface area contributed by atoms with Gasteiger partial charge in [0, 0.05) is 22.7 Å². The highest BCUT2D eigenvalue weighted by Gasteiger charge is 2.37. The smallest absolute Gasteiger partial charge is 0.340 e. The summed E-state index contributed by atoms with van der Waals surface area (Å²) < 4.78 is 5.06. The molecule has 0 bridgehead atoms. The molecular weight excluding hydrogens is 368 g/mol. The molecule has 1 aliphatic rings. The molecule has 1 heterocycles. The van der Waals surface area contributed by atoms with Gasteiger partial charge in [-0.05, 0) is 25.1 Å². The molecule has 1 amide bonds. The summed E-state index contributed by atoms with van der Waals surface area (Å²) in [5.41, 5.74) is 2.36. The Bertz CT molecular complexity index is 883. The highest BCUT2D eigenvalue weighted by molar-refractivity contribution is 6.32. The average Bonchev–Trinajstić information content (AvgIpc) is 2.78. The molecule has 0 radical (unpaired) electrons. The van der Waals surface area contributed by atoms with E-state index >= 15 is 0 Å². The summed E-state index contributed by atoms with van der Waals surface area (Å²) in [6.07, 6.45) is 0. The van der Waals surface area contributed by atoms with Crippen molar-refractivity contribution in [1.82, 2.24) is 0 Å². The van der Waals surface area contributed by atoms with Gasteiger partial charge in [-0.2, -0.15) is 0 Å². The lowest BCUT2D eigenvalue weighted by molar-refractivity contribution is -0.147. The van der Waals surface area contributed by atoms with Crippen LogP contribution in [0.2, 0.25) is 5.02 Å². The highest BCUT2D eigenvalue weighted by atomic mass is 35.5. The Balaban J connectivity index is 2.25. The largest absolute Gasteiger partial charge is 0.464 e. The third-order valence-electron chi connectivity index (χ3n) is 4.14. The zero-order valence-electron chi connectivity index (χ0n) is 14.8. The van der Waals surface area contributed by atoms with Crippen LogP contribution >= 0.6 is 11.6 Å². The number of rotatable bonds is 5. The number of amides is 1. The number of carbonyl (C=O) groups is 2. The molecule has 6 nitrogen and oxygen atoms in total. The van der Waals surface area contributed by atoms with Crippen LogP contribution in [0.5, 0.6) is 0 Å². The van der Waals surface area contributed by atoms with E-state index in [1.807, 2.05) is 30.3 Å². The fraction of sp³-hybridized carbons (Fsp3) is 0.250. The van der Waals surface area contributed by atoms with Crippen molar-refractivity contribution in [3.05, 3.63) is 64.7 Å². The Morgan fingerprint density at radius 2 is 2.00 bits per heavy atom. The fourth-order valence-corrected chi connectivity index (χ4v) is 3.16. The number of hydrogen-bond acceptors (Lipinski definition) is 5. The van der Waals surface area contributed by atoms with E-state index in [4.69, 9.17) is 16.3 Å². The van der Waals surface area contributed by atoms with Crippen LogP contribution in [-0.4, -0.2) is 48.5 Å². The van der Waals surface area contributed by atoms with E-state index in [0.29, 0.717) is 22.0 Å². The number of ether oxygens (including phenoxy) is 1. The molecule has 0 aliphatic carbocycles. The molecule has 1 N–H and O–H groups in total. The Kier molecular flexibility index (Phi) is 5.88. The topological polar surface area (TPSA) is 79.2 Å². The van der Waals surface area contributed by atoms with E-state index in [9.17, 15) is 14.7 Å². The second-order valence-electron chi connectivity index (χ2n) is 5.87. The quantitative estimate of drug-likeness (QED) is 0.632. The number of aliphatic imine (C=N–C) groups is 1. The number of benzene rings is 2. The summed E-state index contributed by atoms with van der Waals surface area (Å²) in [6.45, 7) is 1.57. The summed E-state index contributed by atoms with van der Waals surface area (Å²) in [5, 5.41) is 9.92. The Morgan fingerprint density at radius 3 is 2.67 bits per heavy atom. The maximum absolute atomic E-state index is 13.1. The maximum Gasteiger partial charge on any atom is 0.340 e. The molecule has 0 aromatic heterocycles. The van der Waals surface area contributed by atoms with Gasteiger partial charge in [-0.15, -0.1) is 0 Å². The number of esters is 1. The van der Waals surface area contributed by atoms with Crippen molar-refractivity contribution in [2.24, 2.45) is 4.99 Å². The lowest BCUT2D eigenvalue weighted by Gasteiger charge is -2.24. The van der Waals surface area contributed by atoms with Gasteiger partial charge >= 0.3 is 5.97 Å². The number of benzodiazepines with no additional fused rings is 1. The summed E-state index contributed by atoms with van der Waals surface area (Å²) in [7, 11) is 0. The molecule has 1 unspecified atom stereocenters. The van der Waals surface area contributed by atoms with Crippen LogP contribution in [0.3, 0.4) is 0 Å². The number of fused-ring (bicyclic) bond motifs is 1. The van der Waals surface area contributed by atoms with E-state index in [-0.39, 0.29) is 19.8 Å². The van der Waals surface area contributed by atoms with Crippen molar-refractivity contribution in [3.63, 3.8) is 0 Å². The molecule has 2 aromatic rings. The van der Waals surface area contributed by atoms with Crippen molar-refractivity contribution in [3.8, 4) is 0 Å². The molecule has 1 atom stereocenters. The van der Waals surface area contributed by atoms with Crippen molar-refractivity contribution in [2.75, 3.05) is 24.7 Å². The summed E-state index contributed by atoms with van der Waals surface area (Å²) in [5.74, 6) is -1.27. The van der Waals surface area contributed by atoms with E-state index < -0.39 is 17.9 Å². The molecule has 1 aliphatic heterocycles. The number of aliphatic hydroxyl groups is 1. The van der Waals surface area contributed by atoms with E-state index in [0.717, 1.165) is 5.56 Å². The highest BCUT2D eigenvalue weighted by Crippen LogP contribution is 2.31. The Morgan fingerprint density at radius 1 is 1.26 bits per heavy atom. The van der Waals surface area contributed by atoms with Gasteiger partial charge < -0.3 is 14.7 Å². The monoisotopic (exact) mass is 386 g/mol. The first kappa shape index (κ1) is 19.1. The van der Waals surface area contributed by atoms with Gasteiger partial charge in [0.25, 0.3) is 5.91 Å². The van der Waals surface area contributed by atoms with Crippen LogP contribution in [0.15, 0.2) is 53.5 Å². The number of β-amino-alcohol motifs (C(OH)–C–C–N with tert-alkyl or cyclic N) is 1. The van der Waals surface area contributed by atoms with Gasteiger partial charge in [-0.3, -0.25) is 9.79 Å². The lowest BCUT2D eigenvalue weighted by atomic mass is 10.00. The molecule has 0 fully saturated rings. The van der Waals surface area contributed by atoms with Gasteiger partial charge in [0.2, 0.25) is 6.04 Å². The van der Waals surface area contributed by atoms with Crippen molar-refractivity contribution >= 4 is 34.9 Å². The van der Waals surface area contributed by atoms with Gasteiger partial charge in [-0.25, -0.2) is 4.79 Å². The van der Waals surface area contributed by atoms with Crippen molar-refractivity contribution in [2.45, 2.75) is 13.0 Å². The van der Waals surface area contributed by atoms with E-state index in [1.165, 1.54) is 4.90 Å². The number of carbonyl (C=O) groups excluding carboxylic acids is 2. The van der Waals surface area contributed by atoms with Gasteiger partial charge in [0.05, 0.1) is 24.6 Å². The fourth-order valence-electron chi connectivity index (χ4n) is 2.98. The summed E-state index contributed by atoms with van der Waals surface area (Å²) in [4.78, 5) is 31.3. The van der Waals surface area contributed by atoms with E-state index in [1.54, 1.807) is 25.1 Å². The molecule has 3 rings (SSSR count). The molecule has 7 heteroatoms. The number of hydrogen-bond donors (Lipinski definition) is 1. The normalized spacial score (nSPS) is 16.4. The minimum absolute atomic E-state index is 0.0287. The average molecular weight is 387 g/mol. The van der Waals surface area contributed by atoms with Crippen LogP contribution < -0.4 is 4.90 Å². The molecule has 0 saturated heterocycles. The minimum Gasteiger partial charge on any atom is -0.464 e. The standard InChI is InChI=1S/C20H19ClN2O4/c1-2-27-20(26)18-19(25)23(10-11-24)16-9-8-14(21)12-15(16)17(22-18)13-6-4-3-5-7-13/h3-9,12,18,24H,2,10-11H2,1H3. The third-order valence-corrected chi connectivity index (χ3v) is 4.38. The molecule has 0 spiro atoms. The number of aliphatic hydroxyl groups excluding tert-OH is 1. The van der Waals surface area contributed by atoms with Crippen LogP contribution in [0.4, 0.5) is 5.69 Å². The van der Waals surface area contributed by atoms with Crippen LogP contribution in [0.1, 0.15) is 18.1 Å². The Hall–Kier alpha value is -2.70. The minimum atomic E-state index is -1.35. The first-order valence-corrected chi connectivity index (χ1v) is 8.96. The summed E-state index contributed by atoms with van der Waals surface area (Å²) in [6, 6.07) is 13.0. The molecule has 2 aromatic carbocycles. The third kappa shape index (κ3) is 3.86. The second-order valence-corrected chi connectivity index (χ2v) is 6.31. The first-order valence-electron chi connectivity index (χ1n) is 8.58. The SMILES string of the molecule is CCOC(=O)C1N=C(c2ccccc2)c2cc(Cl)ccc2N(CCO)C1=O.